The highest BCUT2D eigenvalue weighted by atomic mass is 19.3. The zero-order valence-corrected chi connectivity index (χ0v) is 9.46. The summed E-state index contributed by atoms with van der Waals surface area (Å²) in [6, 6.07) is 3.53. The Morgan fingerprint density at radius 2 is 2.06 bits per heavy atom. The number of hydrogen-bond donors (Lipinski definition) is 3. The van der Waals surface area contributed by atoms with Crippen LogP contribution in [0.25, 0.3) is 0 Å². The van der Waals surface area contributed by atoms with E-state index in [2.05, 4.69) is 10.3 Å². The zero-order chi connectivity index (χ0) is 13.3. The number of nitrogens with zero attached hydrogens (tertiary/aromatic N) is 1. The highest BCUT2D eigenvalue weighted by molar-refractivity contribution is 5.83. The fourth-order valence-corrected chi connectivity index (χ4v) is 1.99. The molecule has 18 heavy (non-hydrogen) atoms. The van der Waals surface area contributed by atoms with Gasteiger partial charge >= 0.3 is 0 Å². The standard InChI is InChI=1S/C11H13F3N4/c12-8-2-1-6(15)3-7(8)11(10(13)14)5-17-4-9(16)18-11/h1-3,10,17H,4-5,15H2,(H2,16,18). The molecular weight excluding hydrogens is 245 g/mol. The Kier molecular flexibility index (Phi) is 3.16. The number of nitrogens with one attached hydrogen (secondary N) is 1. The zero-order valence-electron chi connectivity index (χ0n) is 9.46. The largest absolute Gasteiger partial charge is 0.399 e. The number of benzene rings is 1. The van der Waals surface area contributed by atoms with Gasteiger partial charge < -0.3 is 16.8 Å². The van der Waals surface area contributed by atoms with Crippen molar-refractivity contribution >= 4 is 11.5 Å². The quantitative estimate of drug-likeness (QED) is 0.688. The summed E-state index contributed by atoms with van der Waals surface area (Å²) >= 11 is 0. The lowest BCUT2D eigenvalue weighted by atomic mass is 9.88. The van der Waals surface area contributed by atoms with Gasteiger partial charge in [-0.25, -0.2) is 13.2 Å². The lowest BCUT2D eigenvalue weighted by Gasteiger charge is -2.33. The molecule has 0 aliphatic carbocycles. The molecule has 1 heterocycles. The van der Waals surface area contributed by atoms with Crippen molar-refractivity contribution in [2.24, 2.45) is 10.7 Å². The summed E-state index contributed by atoms with van der Waals surface area (Å²) in [5.74, 6) is -0.756. The van der Waals surface area contributed by atoms with Gasteiger partial charge in [-0.15, -0.1) is 0 Å². The number of aliphatic imine (C=N–C) groups is 1. The third kappa shape index (κ3) is 2.01. The van der Waals surface area contributed by atoms with Crippen LogP contribution < -0.4 is 16.8 Å². The Morgan fingerprint density at radius 1 is 1.33 bits per heavy atom. The number of halogens is 3. The minimum absolute atomic E-state index is 0.0170. The highest BCUT2D eigenvalue weighted by Gasteiger charge is 2.45. The van der Waals surface area contributed by atoms with E-state index < -0.39 is 17.8 Å². The summed E-state index contributed by atoms with van der Waals surface area (Å²) in [5, 5.41) is 2.71. The van der Waals surface area contributed by atoms with Gasteiger partial charge in [0.1, 0.15) is 11.7 Å². The van der Waals surface area contributed by atoms with E-state index in [0.717, 1.165) is 6.07 Å². The lowest BCUT2D eigenvalue weighted by molar-refractivity contribution is 0.0491. The Hall–Kier alpha value is -1.76. The number of hydrogen-bond acceptors (Lipinski definition) is 4. The van der Waals surface area contributed by atoms with Crippen LogP contribution in [-0.2, 0) is 5.54 Å². The lowest BCUT2D eigenvalue weighted by Crippen LogP contribution is -2.51. The van der Waals surface area contributed by atoms with Crippen LogP contribution in [0.1, 0.15) is 5.56 Å². The molecule has 0 radical (unpaired) electrons. The fraction of sp³-hybridized carbons (Fsp3) is 0.364. The normalized spacial score (nSPS) is 24.1. The topological polar surface area (TPSA) is 76.4 Å². The van der Waals surface area contributed by atoms with E-state index in [1.165, 1.54) is 12.1 Å². The smallest absolute Gasteiger partial charge is 0.268 e. The molecule has 0 spiro atoms. The van der Waals surface area contributed by atoms with E-state index in [1.54, 1.807) is 0 Å². The molecule has 1 unspecified atom stereocenters. The van der Waals surface area contributed by atoms with Crippen molar-refractivity contribution in [3.05, 3.63) is 29.6 Å². The Labute approximate surface area is 102 Å². The van der Waals surface area contributed by atoms with E-state index >= 15 is 0 Å². The van der Waals surface area contributed by atoms with Crippen molar-refractivity contribution in [3.63, 3.8) is 0 Å². The molecule has 1 atom stereocenters. The third-order valence-corrected chi connectivity index (χ3v) is 2.86. The van der Waals surface area contributed by atoms with Gasteiger partial charge in [-0.05, 0) is 18.2 Å². The summed E-state index contributed by atoms with van der Waals surface area (Å²) in [4.78, 5) is 3.77. The van der Waals surface area contributed by atoms with Crippen molar-refractivity contribution in [2.75, 3.05) is 18.8 Å². The van der Waals surface area contributed by atoms with Gasteiger partial charge in [0, 0.05) is 17.8 Å². The van der Waals surface area contributed by atoms with Gasteiger partial charge in [0.15, 0.2) is 5.54 Å². The molecule has 1 aromatic carbocycles. The summed E-state index contributed by atoms with van der Waals surface area (Å²) in [6.07, 6.45) is -2.89. The number of amidine groups is 1. The number of anilines is 1. The van der Waals surface area contributed by atoms with Gasteiger partial charge in [-0.1, -0.05) is 0 Å². The van der Waals surface area contributed by atoms with Gasteiger partial charge in [-0.3, -0.25) is 4.99 Å². The molecule has 2 rings (SSSR count). The molecule has 5 N–H and O–H groups in total. The molecule has 0 fully saturated rings. The van der Waals surface area contributed by atoms with E-state index in [4.69, 9.17) is 11.5 Å². The predicted molar refractivity (Wildman–Crippen MR) is 63.0 cm³/mol. The van der Waals surface area contributed by atoms with Crippen LogP contribution in [0.2, 0.25) is 0 Å². The molecule has 1 aromatic rings. The van der Waals surface area contributed by atoms with E-state index in [9.17, 15) is 13.2 Å². The molecule has 98 valence electrons. The molecule has 7 heteroatoms. The molecule has 0 bridgehead atoms. The monoisotopic (exact) mass is 258 g/mol. The first-order valence-corrected chi connectivity index (χ1v) is 5.34. The van der Waals surface area contributed by atoms with E-state index in [0.29, 0.717) is 0 Å². The molecule has 0 saturated carbocycles. The first kappa shape index (κ1) is 12.7. The number of rotatable bonds is 2. The van der Waals surface area contributed by atoms with Crippen LogP contribution in [0.15, 0.2) is 23.2 Å². The minimum Gasteiger partial charge on any atom is -0.399 e. The van der Waals surface area contributed by atoms with Crippen LogP contribution >= 0.6 is 0 Å². The second kappa shape index (κ2) is 4.49. The molecular formula is C11H13F3N4. The van der Waals surface area contributed by atoms with Crippen LogP contribution in [0.4, 0.5) is 18.9 Å². The van der Waals surface area contributed by atoms with Crippen molar-refractivity contribution in [1.29, 1.82) is 0 Å². The van der Waals surface area contributed by atoms with Gasteiger partial charge in [0.2, 0.25) is 0 Å². The first-order chi connectivity index (χ1) is 8.45. The number of alkyl halides is 2. The fourth-order valence-electron chi connectivity index (χ4n) is 1.99. The van der Waals surface area contributed by atoms with Crippen molar-refractivity contribution in [3.8, 4) is 0 Å². The summed E-state index contributed by atoms with van der Waals surface area (Å²) in [6.45, 7) is 0.0180. The Bertz CT molecular complexity index is 489. The SMILES string of the molecule is NC1=NC(c2cc(N)ccc2F)(C(F)F)CNC1. The average molecular weight is 258 g/mol. The highest BCUT2D eigenvalue weighted by Crippen LogP contribution is 2.36. The van der Waals surface area contributed by atoms with Gasteiger partial charge in [0.25, 0.3) is 6.43 Å². The second-order valence-electron chi connectivity index (χ2n) is 4.17. The minimum atomic E-state index is -2.89. The summed E-state index contributed by atoms with van der Waals surface area (Å²) < 4.78 is 40.4. The van der Waals surface area contributed by atoms with Crippen LogP contribution in [-0.4, -0.2) is 25.4 Å². The van der Waals surface area contributed by atoms with Crippen LogP contribution in [0.3, 0.4) is 0 Å². The van der Waals surface area contributed by atoms with Crippen LogP contribution in [0.5, 0.6) is 0 Å². The van der Waals surface area contributed by atoms with Crippen LogP contribution in [0, 0.1) is 5.82 Å². The third-order valence-electron chi connectivity index (χ3n) is 2.86. The summed E-state index contributed by atoms with van der Waals surface area (Å²) in [5.41, 5.74) is 8.93. The Morgan fingerprint density at radius 3 is 2.67 bits per heavy atom. The number of nitrogens with two attached hydrogens (primary N) is 2. The maximum absolute atomic E-state index is 13.8. The maximum atomic E-state index is 13.8. The average Bonchev–Trinajstić information content (AvgIpc) is 2.32. The van der Waals surface area contributed by atoms with Crippen molar-refractivity contribution in [1.82, 2.24) is 5.32 Å². The van der Waals surface area contributed by atoms with Crippen molar-refractivity contribution in [2.45, 2.75) is 12.0 Å². The molecule has 1 aliphatic heterocycles. The molecule has 4 nitrogen and oxygen atoms in total. The number of nitrogen functional groups attached to an aromatic ring is 1. The van der Waals surface area contributed by atoms with Gasteiger partial charge in [0.05, 0.1) is 6.54 Å². The van der Waals surface area contributed by atoms with Gasteiger partial charge in [-0.2, -0.15) is 0 Å². The maximum Gasteiger partial charge on any atom is 0.268 e. The molecule has 0 aromatic heterocycles. The van der Waals surface area contributed by atoms with E-state index in [-0.39, 0.29) is 30.2 Å². The predicted octanol–water partition coefficient (Wildman–Crippen LogP) is 0.829. The van der Waals surface area contributed by atoms with E-state index in [1.807, 2.05) is 0 Å². The molecule has 1 aliphatic rings. The second-order valence-corrected chi connectivity index (χ2v) is 4.17. The summed E-state index contributed by atoms with van der Waals surface area (Å²) in [7, 11) is 0. The molecule has 0 saturated heterocycles. The Balaban J connectivity index is 2.61. The molecule has 0 amide bonds. The first-order valence-electron chi connectivity index (χ1n) is 5.34. The van der Waals surface area contributed by atoms with Crippen molar-refractivity contribution < 1.29 is 13.2 Å².